The van der Waals surface area contributed by atoms with Crippen LogP contribution in [-0.4, -0.2) is 33.9 Å². The molecule has 1 fully saturated rings. The number of aromatic nitrogens is 2. The Morgan fingerprint density at radius 2 is 2.37 bits per heavy atom. The van der Waals surface area contributed by atoms with Crippen molar-refractivity contribution in [2.24, 2.45) is 11.7 Å². The minimum absolute atomic E-state index is 0.0678. The van der Waals surface area contributed by atoms with Crippen LogP contribution < -0.4 is 10.6 Å². The zero-order valence-electron chi connectivity index (χ0n) is 9.95. The zero-order chi connectivity index (χ0) is 14.0. The number of halogens is 1. The Bertz CT molecular complexity index is 524. The molecule has 0 bridgehead atoms. The first-order valence-electron chi connectivity index (χ1n) is 5.70. The number of rotatable bonds is 3. The minimum Gasteiger partial charge on any atom is -0.369 e. The maximum atomic E-state index is 11.2. The van der Waals surface area contributed by atoms with Gasteiger partial charge in [-0.1, -0.05) is 0 Å². The Labute approximate surface area is 113 Å². The maximum absolute atomic E-state index is 11.2. The summed E-state index contributed by atoms with van der Waals surface area (Å²) in [5.74, 6) is -0.606. The van der Waals surface area contributed by atoms with Gasteiger partial charge in [-0.3, -0.25) is 14.9 Å². The van der Waals surface area contributed by atoms with Gasteiger partial charge in [0.15, 0.2) is 0 Å². The Balaban J connectivity index is 2.32. The Morgan fingerprint density at radius 3 is 3.00 bits per heavy atom. The lowest BCUT2D eigenvalue weighted by Crippen LogP contribution is -2.41. The van der Waals surface area contributed by atoms with Crippen molar-refractivity contribution in [1.82, 2.24) is 9.97 Å². The van der Waals surface area contributed by atoms with Gasteiger partial charge in [-0.2, -0.15) is 4.98 Å². The smallest absolute Gasteiger partial charge is 0.329 e. The van der Waals surface area contributed by atoms with Crippen LogP contribution >= 0.6 is 11.6 Å². The molecular formula is C10H12ClN5O3. The first-order valence-corrected chi connectivity index (χ1v) is 6.08. The van der Waals surface area contributed by atoms with Crippen molar-refractivity contribution >= 4 is 29.0 Å². The van der Waals surface area contributed by atoms with E-state index in [1.54, 1.807) is 4.90 Å². The third-order valence-electron chi connectivity index (χ3n) is 3.04. The van der Waals surface area contributed by atoms with Gasteiger partial charge in [0.1, 0.15) is 6.20 Å². The van der Waals surface area contributed by atoms with Gasteiger partial charge in [0.2, 0.25) is 17.0 Å². The summed E-state index contributed by atoms with van der Waals surface area (Å²) in [6.07, 6.45) is 2.46. The van der Waals surface area contributed by atoms with Gasteiger partial charge in [0.05, 0.1) is 10.8 Å². The SMILES string of the molecule is NC(=O)C1CCCN(c2nc(Cl)ncc2[N+](=O)[O-])C1. The number of primary amides is 1. The summed E-state index contributed by atoms with van der Waals surface area (Å²) in [5.41, 5.74) is 5.05. The summed E-state index contributed by atoms with van der Waals surface area (Å²) in [6, 6.07) is 0. The summed E-state index contributed by atoms with van der Waals surface area (Å²) >= 11 is 5.68. The second-order valence-electron chi connectivity index (χ2n) is 4.29. The average molecular weight is 286 g/mol. The lowest BCUT2D eigenvalue weighted by Gasteiger charge is -2.31. The first kappa shape index (κ1) is 13.5. The quantitative estimate of drug-likeness (QED) is 0.497. The van der Waals surface area contributed by atoms with Crippen LogP contribution in [0.1, 0.15) is 12.8 Å². The van der Waals surface area contributed by atoms with E-state index in [4.69, 9.17) is 17.3 Å². The summed E-state index contributed by atoms with van der Waals surface area (Å²) in [6.45, 7) is 0.876. The molecule has 19 heavy (non-hydrogen) atoms. The summed E-state index contributed by atoms with van der Waals surface area (Å²) in [4.78, 5) is 30.8. The van der Waals surface area contributed by atoms with Crippen LogP contribution in [0, 0.1) is 16.0 Å². The molecule has 2 rings (SSSR count). The van der Waals surface area contributed by atoms with Crippen molar-refractivity contribution in [2.45, 2.75) is 12.8 Å². The van der Waals surface area contributed by atoms with Gasteiger partial charge >= 0.3 is 5.69 Å². The van der Waals surface area contributed by atoms with Crippen molar-refractivity contribution in [2.75, 3.05) is 18.0 Å². The number of nitrogens with zero attached hydrogens (tertiary/aromatic N) is 4. The molecule has 2 N–H and O–H groups in total. The fourth-order valence-corrected chi connectivity index (χ4v) is 2.24. The normalized spacial score (nSPS) is 19.2. The van der Waals surface area contributed by atoms with E-state index in [0.29, 0.717) is 25.9 Å². The third kappa shape index (κ3) is 2.90. The molecule has 1 atom stereocenters. The van der Waals surface area contributed by atoms with Crippen LogP contribution in [0.2, 0.25) is 5.28 Å². The molecule has 1 aliphatic rings. The fourth-order valence-electron chi connectivity index (χ4n) is 2.11. The Kier molecular flexibility index (Phi) is 3.79. The average Bonchev–Trinajstić information content (AvgIpc) is 2.38. The van der Waals surface area contributed by atoms with E-state index in [1.165, 1.54) is 0 Å². The van der Waals surface area contributed by atoms with Crippen molar-refractivity contribution in [1.29, 1.82) is 0 Å². The molecule has 0 saturated carbocycles. The third-order valence-corrected chi connectivity index (χ3v) is 3.22. The van der Waals surface area contributed by atoms with Crippen molar-refractivity contribution < 1.29 is 9.72 Å². The topological polar surface area (TPSA) is 115 Å². The number of anilines is 1. The van der Waals surface area contributed by atoms with Crippen LogP contribution in [0.5, 0.6) is 0 Å². The predicted octanol–water partition coefficient (Wildman–Crippen LogP) is 0.740. The van der Waals surface area contributed by atoms with E-state index < -0.39 is 10.8 Å². The van der Waals surface area contributed by atoms with E-state index in [-0.39, 0.29) is 22.7 Å². The molecule has 0 spiro atoms. The number of nitrogens with two attached hydrogens (primary N) is 1. The largest absolute Gasteiger partial charge is 0.369 e. The van der Waals surface area contributed by atoms with E-state index in [1.807, 2.05) is 0 Å². The van der Waals surface area contributed by atoms with E-state index >= 15 is 0 Å². The summed E-state index contributed by atoms with van der Waals surface area (Å²) in [5, 5.41) is 10.9. The monoisotopic (exact) mass is 285 g/mol. The predicted molar refractivity (Wildman–Crippen MR) is 67.8 cm³/mol. The molecular weight excluding hydrogens is 274 g/mol. The molecule has 102 valence electrons. The number of carbonyl (C=O) groups excluding carboxylic acids is 1. The van der Waals surface area contributed by atoms with Gasteiger partial charge in [-0.05, 0) is 24.4 Å². The second-order valence-corrected chi connectivity index (χ2v) is 4.63. The van der Waals surface area contributed by atoms with Gasteiger partial charge in [-0.25, -0.2) is 4.98 Å². The van der Waals surface area contributed by atoms with Crippen LogP contribution in [0.15, 0.2) is 6.20 Å². The van der Waals surface area contributed by atoms with E-state index in [2.05, 4.69) is 9.97 Å². The second kappa shape index (κ2) is 5.35. The minimum atomic E-state index is -0.570. The summed E-state index contributed by atoms with van der Waals surface area (Å²) < 4.78 is 0. The van der Waals surface area contributed by atoms with Crippen molar-refractivity contribution in [3.8, 4) is 0 Å². The zero-order valence-corrected chi connectivity index (χ0v) is 10.7. The number of amides is 1. The molecule has 0 aromatic carbocycles. The molecule has 9 heteroatoms. The molecule has 1 aromatic rings. The molecule has 0 radical (unpaired) electrons. The fraction of sp³-hybridized carbons (Fsp3) is 0.500. The molecule has 1 aliphatic heterocycles. The number of hydrogen-bond donors (Lipinski definition) is 1. The number of carbonyl (C=O) groups is 1. The van der Waals surface area contributed by atoms with Crippen LogP contribution in [-0.2, 0) is 4.79 Å². The number of hydrogen-bond acceptors (Lipinski definition) is 6. The van der Waals surface area contributed by atoms with E-state index in [9.17, 15) is 14.9 Å². The number of piperidine rings is 1. The molecule has 1 aromatic heterocycles. The highest BCUT2D eigenvalue weighted by Crippen LogP contribution is 2.29. The highest BCUT2D eigenvalue weighted by Gasteiger charge is 2.29. The standard InChI is InChI=1S/C10H12ClN5O3/c11-10-13-4-7(16(18)19)9(14-10)15-3-1-2-6(5-15)8(12)17/h4,6H,1-3,5H2,(H2,12,17). The summed E-state index contributed by atoms with van der Waals surface area (Å²) in [7, 11) is 0. The molecule has 1 unspecified atom stereocenters. The van der Waals surface area contributed by atoms with Crippen molar-refractivity contribution in [3.63, 3.8) is 0 Å². The molecule has 0 aliphatic carbocycles. The van der Waals surface area contributed by atoms with Crippen LogP contribution in [0.4, 0.5) is 11.5 Å². The van der Waals surface area contributed by atoms with Crippen LogP contribution in [0.25, 0.3) is 0 Å². The molecule has 2 heterocycles. The Morgan fingerprint density at radius 1 is 1.63 bits per heavy atom. The number of nitro groups is 1. The van der Waals surface area contributed by atoms with Crippen LogP contribution in [0.3, 0.4) is 0 Å². The van der Waals surface area contributed by atoms with Gasteiger partial charge < -0.3 is 10.6 Å². The van der Waals surface area contributed by atoms with Gasteiger partial charge in [-0.15, -0.1) is 0 Å². The maximum Gasteiger partial charge on any atom is 0.329 e. The molecule has 1 amide bonds. The highest BCUT2D eigenvalue weighted by atomic mass is 35.5. The molecule has 8 nitrogen and oxygen atoms in total. The first-order chi connectivity index (χ1) is 8.99. The van der Waals surface area contributed by atoms with Gasteiger partial charge in [0.25, 0.3) is 0 Å². The molecule has 1 saturated heterocycles. The lowest BCUT2D eigenvalue weighted by atomic mass is 9.97. The van der Waals surface area contributed by atoms with E-state index in [0.717, 1.165) is 6.20 Å². The highest BCUT2D eigenvalue weighted by molar-refractivity contribution is 6.28. The Hall–Kier alpha value is -1.96. The van der Waals surface area contributed by atoms with Crippen molar-refractivity contribution in [3.05, 3.63) is 21.6 Å². The van der Waals surface area contributed by atoms with Gasteiger partial charge in [0, 0.05) is 13.1 Å². The lowest BCUT2D eigenvalue weighted by molar-refractivity contribution is -0.384.